The van der Waals surface area contributed by atoms with Gasteiger partial charge in [-0.25, -0.2) is 4.79 Å². The van der Waals surface area contributed by atoms with Crippen LogP contribution in [0.4, 0.5) is 10.5 Å². The molecular weight excluding hydrogens is 230 g/mol. The zero-order valence-corrected chi connectivity index (χ0v) is 10.4. The topological polar surface area (TPSA) is 55.4 Å². The van der Waals surface area contributed by atoms with Gasteiger partial charge in [-0.05, 0) is 37.1 Å². The molecule has 2 rings (SSSR count). The van der Waals surface area contributed by atoms with Crippen LogP contribution < -0.4 is 5.32 Å². The van der Waals surface area contributed by atoms with Gasteiger partial charge in [-0.15, -0.1) is 0 Å². The summed E-state index contributed by atoms with van der Waals surface area (Å²) in [6, 6.07) is 6.95. The highest BCUT2D eigenvalue weighted by Crippen LogP contribution is 2.28. The van der Waals surface area contributed by atoms with Crippen molar-refractivity contribution < 1.29 is 14.3 Å². The molecule has 0 aromatic heterocycles. The van der Waals surface area contributed by atoms with Gasteiger partial charge in [0.1, 0.15) is 0 Å². The fraction of sp³-hybridized carbons (Fsp3) is 0.429. The molecule has 0 aliphatic heterocycles. The molecule has 18 heavy (non-hydrogen) atoms. The van der Waals surface area contributed by atoms with Gasteiger partial charge in [0.05, 0.1) is 7.11 Å². The van der Waals surface area contributed by atoms with Crippen molar-refractivity contribution in [2.24, 2.45) is 5.92 Å². The molecule has 1 saturated carbocycles. The minimum Gasteiger partial charge on any atom is -0.453 e. The van der Waals surface area contributed by atoms with Crippen LogP contribution in [0.2, 0.25) is 0 Å². The number of nitrogens with one attached hydrogen (secondary N) is 1. The van der Waals surface area contributed by atoms with Crippen LogP contribution in [0.25, 0.3) is 0 Å². The Balaban J connectivity index is 2.02. The van der Waals surface area contributed by atoms with Crippen LogP contribution >= 0.6 is 0 Å². The van der Waals surface area contributed by atoms with E-state index in [1.54, 1.807) is 24.3 Å². The van der Waals surface area contributed by atoms with E-state index in [-0.39, 0.29) is 11.7 Å². The Morgan fingerprint density at radius 3 is 2.33 bits per heavy atom. The molecule has 0 saturated heterocycles. The fourth-order valence-electron chi connectivity index (χ4n) is 2.31. The highest BCUT2D eigenvalue weighted by Gasteiger charge is 2.23. The van der Waals surface area contributed by atoms with Crippen molar-refractivity contribution in [1.82, 2.24) is 0 Å². The SMILES string of the molecule is COC(=O)Nc1ccc(C(=O)C2CCCC2)cc1. The monoisotopic (exact) mass is 247 g/mol. The number of anilines is 1. The minimum atomic E-state index is -0.509. The van der Waals surface area contributed by atoms with E-state index in [1.807, 2.05) is 0 Å². The summed E-state index contributed by atoms with van der Waals surface area (Å²) in [6.45, 7) is 0. The largest absolute Gasteiger partial charge is 0.453 e. The molecule has 0 unspecified atom stereocenters. The number of methoxy groups -OCH3 is 1. The van der Waals surface area contributed by atoms with Gasteiger partial charge < -0.3 is 4.74 Å². The summed E-state index contributed by atoms with van der Waals surface area (Å²) in [4.78, 5) is 23.1. The molecule has 0 spiro atoms. The second-order valence-corrected chi connectivity index (χ2v) is 4.54. The Labute approximate surface area is 106 Å². The molecule has 0 radical (unpaired) electrons. The van der Waals surface area contributed by atoms with Crippen LogP contribution in [0.5, 0.6) is 0 Å². The van der Waals surface area contributed by atoms with E-state index in [2.05, 4.69) is 10.1 Å². The smallest absolute Gasteiger partial charge is 0.411 e. The molecular formula is C14H17NO3. The lowest BCUT2D eigenvalue weighted by Crippen LogP contribution is -2.12. The van der Waals surface area contributed by atoms with E-state index in [9.17, 15) is 9.59 Å². The third kappa shape index (κ3) is 2.88. The number of hydrogen-bond donors (Lipinski definition) is 1. The van der Waals surface area contributed by atoms with E-state index >= 15 is 0 Å². The zero-order chi connectivity index (χ0) is 13.0. The first-order valence-electron chi connectivity index (χ1n) is 6.20. The van der Waals surface area contributed by atoms with Gasteiger partial charge in [-0.3, -0.25) is 10.1 Å². The molecule has 1 aliphatic rings. The highest BCUT2D eigenvalue weighted by atomic mass is 16.5. The molecule has 1 N–H and O–H groups in total. The lowest BCUT2D eigenvalue weighted by Gasteiger charge is -2.09. The molecule has 0 bridgehead atoms. The molecule has 1 aromatic rings. The number of benzene rings is 1. The van der Waals surface area contributed by atoms with E-state index in [0.29, 0.717) is 5.69 Å². The first kappa shape index (κ1) is 12.6. The second-order valence-electron chi connectivity index (χ2n) is 4.54. The normalized spacial score (nSPS) is 15.4. The van der Waals surface area contributed by atoms with Gasteiger partial charge in [0.2, 0.25) is 0 Å². The maximum absolute atomic E-state index is 12.1. The van der Waals surface area contributed by atoms with Gasteiger partial charge in [-0.2, -0.15) is 0 Å². The quantitative estimate of drug-likeness (QED) is 0.834. The summed E-state index contributed by atoms with van der Waals surface area (Å²) in [5.41, 5.74) is 1.35. The summed E-state index contributed by atoms with van der Waals surface area (Å²) >= 11 is 0. The second kappa shape index (κ2) is 5.67. The van der Waals surface area contributed by atoms with Gasteiger partial charge in [0.15, 0.2) is 5.78 Å². The Bertz CT molecular complexity index is 433. The number of Topliss-reactive ketones (excluding diaryl/α,β-unsaturated/α-hetero) is 1. The average Bonchev–Trinajstić information content (AvgIpc) is 2.92. The van der Waals surface area contributed by atoms with Crippen LogP contribution in [-0.2, 0) is 4.74 Å². The van der Waals surface area contributed by atoms with Crippen molar-refractivity contribution in [2.75, 3.05) is 12.4 Å². The summed E-state index contributed by atoms with van der Waals surface area (Å²) in [6.07, 6.45) is 3.79. The van der Waals surface area contributed by atoms with Crippen LogP contribution in [0.15, 0.2) is 24.3 Å². The van der Waals surface area contributed by atoms with Crippen molar-refractivity contribution in [1.29, 1.82) is 0 Å². The molecule has 0 atom stereocenters. The Morgan fingerprint density at radius 2 is 1.78 bits per heavy atom. The predicted molar refractivity (Wildman–Crippen MR) is 68.8 cm³/mol. The molecule has 1 aliphatic carbocycles. The molecule has 4 nitrogen and oxygen atoms in total. The molecule has 1 amide bonds. The summed E-state index contributed by atoms with van der Waals surface area (Å²) in [5.74, 6) is 0.404. The predicted octanol–water partition coefficient (Wildman–Crippen LogP) is 3.24. The number of hydrogen-bond acceptors (Lipinski definition) is 3. The molecule has 96 valence electrons. The lowest BCUT2D eigenvalue weighted by molar-refractivity contribution is 0.0923. The van der Waals surface area contributed by atoms with Crippen LogP contribution in [0.1, 0.15) is 36.0 Å². The molecule has 0 heterocycles. The van der Waals surface area contributed by atoms with Crippen molar-refractivity contribution >= 4 is 17.6 Å². The van der Waals surface area contributed by atoms with Gasteiger partial charge in [-0.1, -0.05) is 12.8 Å². The van der Waals surface area contributed by atoms with E-state index in [1.165, 1.54) is 7.11 Å². The number of carbonyl (C=O) groups excluding carboxylic acids is 2. The number of carbonyl (C=O) groups is 2. The third-order valence-corrected chi connectivity index (χ3v) is 3.33. The first-order valence-corrected chi connectivity index (χ1v) is 6.20. The van der Waals surface area contributed by atoms with Gasteiger partial charge in [0.25, 0.3) is 0 Å². The number of rotatable bonds is 3. The number of ketones is 1. The standard InChI is InChI=1S/C14H17NO3/c1-18-14(17)15-12-8-6-11(7-9-12)13(16)10-4-2-3-5-10/h6-10H,2-5H2,1H3,(H,15,17). The Morgan fingerprint density at radius 1 is 1.17 bits per heavy atom. The van der Waals surface area contributed by atoms with E-state index in [4.69, 9.17) is 0 Å². The van der Waals surface area contributed by atoms with Crippen LogP contribution in [-0.4, -0.2) is 19.0 Å². The summed E-state index contributed by atoms with van der Waals surface area (Å²) < 4.78 is 4.50. The van der Waals surface area contributed by atoms with E-state index in [0.717, 1.165) is 31.2 Å². The number of amides is 1. The minimum absolute atomic E-state index is 0.185. The Kier molecular flexibility index (Phi) is 3.97. The van der Waals surface area contributed by atoms with Crippen molar-refractivity contribution in [2.45, 2.75) is 25.7 Å². The molecule has 1 aromatic carbocycles. The fourth-order valence-corrected chi connectivity index (χ4v) is 2.31. The maximum Gasteiger partial charge on any atom is 0.411 e. The lowest BCUT2D eigenvalue weighted by atomic mass is 9.96. The molecule has 4 heteroatoms. The van der Waals surface area contributed by atoms with Gasteiger partial charge in [0, 0.05) is 17.2 Å². The zero-order valence-electron chi connectivity index (χ0n) is 10.4. The van der Waals surface area contributed by atoms with Gasteiger partial charge >= 0.3 is 6.09 Å². The third-order valence-electron chi connectivity index (χ3n) is 3.33. The van der Waals surface area contributed by atoms with Crippen LogP contribution in [0.3, 0.4) is 0 Å². The van der Waals surface area contributed by atoms with Crippen molar-refractivity contribution in [3.63, 3.8) is 0 Å². The molecule has 1 fully saturated rings. The Hall–Kier alpha value is -1.84. The summed E-state index contributed by atoms with van der Waals surface area (Å²) in [7, 11) is 1.31. The average molecular weight is 247 g/mol. The first-order chi connectivity index (χ1) is 8.70. The van der Waals surface area contributed by atoms with Crippen molar-refractivity contribution in [3.05, 3.63) is 29.8 Å². The maximum atomic E-state index is 12.1. The summed E-state index contributed by atoms with van der Waals surface area (Å²) in [5, 5.41) is 2.55. The highest BCUT2D eigenvalue weighted by molar-refractivity contribution is 5.98. The van der Waals surface area contributed by atoms with Crippen molar-refractivity contribution in [3.8, 4) is 0 Å². The van der Waals surface area contributed by atoms with E-state index < -0.39 is 6.09 Å². The van der Waals surface area contributed by atoms with Crippen LogP contribution in [0, 0.1) is 5.92 Å². The number of ether oxygens (including phenoxy) is 1.